The number of thiophene rings is 1. The first-order chi connectivity index (χ1) is 16.0. The van der Waals surface area contributed by atoms with Gasteiger partial charge in [0.1, 0.15) is 10.8 Å². The zero-order valence-electron chi connectivity index (χ0n) is 18.6. The summed E-state index contributed by atoms with van der Waals surface area (Å²) in [5.74, 6) is -0.512. The molecule has 33 heavy (non-hydrogen) atoms. The highest BCUT2D eigenvalue weighted by atomic mass is 32.1. The SMILES string of the molecule is CCOC(=O)c1c(NC(=O)c2c(=O)o[nH][n+]2-c2ccc(OC)cc2)sc2c1CCCCCC2. The molecule has 3 aromatic rings. The Bertz CT molecular complexity index is 1210. The first-order valence-electron chi connectivity index (χ1n) is 10.9. The minimum atomic E-state index is -0.823. The third-order valence-electron chi connectivity index (χ3n) is 5.57. The number of hydrogen-bond acceptors (Lipinski definition) is 7. The normalized spacial score (nSPS) is 13.5. The Labute approximate surface area is 194 Å². The molecule has 0 saturated heterocycles. The average molecular weight is 473 g/mol. The number of nitrogens with one attached hydrogen (secondary N) is 2. The second-order valence-corrected chi connectivity index (χ2v) is 8.76. The van der Waals surface area contributed by atoms with Crippen LogP contribution in [0.15, 0.2) is 33.6 Å². The zero-order chi connectivity index (χ0) is 23.4. The minimum Gasteiger partial charge on any atom is -0.497 e. The highest BCUT2D eigenvalue weighted by molar-refractivity contribution is 7.17. The predicted molar refractivity (Wildman–Crippen MR) is 122 cm³/mol. The van der Waals surface area contributed by atoms with E-state index in [-0.39, 0.29) is 12.3 Å². The maximum atomic E-state index is 13.2. The Kier molecular flexibility index (Phi) is 6.93. The van der Waals surface area contributed by atoms with Crippen molar-refractivity contribution in [2.24, 2.45) is 0 Å². The number of hydrogen-bond donors (Lipinski definition) is 2. The molecule has 9 nitrogen and oxygen atoms in total. The van der Waals surface area contributed by atoms with Crippen LogP contribution in [0.3, 0.4) is 0 Å². The molecule has 2 aromatic heterocycles. The summed E-state index contributed by atoms with van der Waals surface area (Å²) < 4.78 is 16.6. The summed E-state index contributed by atoms with van der Waals surface area (Å²) in [5.41, 5.74) is 0.781. The largest absolute Gasteiger partial charge is 0.497 e. The number of anilines is 1. The van der Waals surface area contributed by atoms with Gasteiger partial charge in [-0.05, 0) is 60.3 Å². The first kappa shape index (κ1) is 22.8. The van der Waals surface area contributed by atoms with E-state index in [2.05, 4.69) is 10.6 Å². The zero-order valence-corrected chi connectivity index (χ0v) is 19.4. The summed E-state index contributed by atoms with van der Waals surface area (Å²) in [7, 11) is 1.55. The summed E-state index contributed by atoms with van der Waals surface area (Å²) in [4.78, 5) is 39.5. The van der Waals surface area contributed by atoms with Gasteiger partial charge in [-0.2, -0.15) is 0 Å². The van der Waals surface area contributed by atoms with Gasteiger partial charge in [-0.15, -0.1) is 11.3 Å². The maximum absolute atomic E-state index is 13.2. The smallest absolute Gasteiger partial charge is 0.441 e. The molecule has 1 aliphatic carbocycles. The number of rotatable bonds is 6. The van der Waals surface area contributed by atoms with Gasteiger partial charge in [-0.3, -0.25) is 9.32 Å². The van der Waals surface area contributed by atoms with Crippen LogP contribution < -0.4 is 20.4 Å². The molecule has 1 amide bonds. The van der Waals surface area contributed by atoms with E-state index in [9.17, 15) is 14.4 Å². The molecule has 0 spiro atoms. The molecule has 174 valence electrons. The molecule has 2 heterocycles. The van der Waals surface area contributed by atoms with Crippen molar-refractivity contribution in [2.45, 2.75) is 45.4 Å². The van der Waals surface area contributed by atoms with Crippen molar-refractivity contribution in [2.75, 3.05) is 19.0 Å². The van der Waals surface area contributed by atoms with Crippen LogP contribution in [-0.2, 0) is 17.6 Å². The number of ether oxygens (including phenoxy) is 2. The van der Waals surface area contributed by atoms with Gasteiger partial charge in [-0.25, -0.2) is 9.59 Å². The topological polar surface area (TPSA) is 115 Å². The Hall–Kier alpha value is -3.40. The highest BCUT2D eigenvalue weighted by Gasteiger charge is 2.33. The van der Waals surface area contributed by atoms with Crippen molar-refractivity contribution in [1.29, 1.82) is 0 Å². The van der Waals surface area contributed by atoms with E-state index in [0.29, 0.717) is 22.0 Å². The van der Waals surface area contributed by atoms with Crippen LogP contribution in [0.5, 0.6) is 5.75 Å². The van der Waals surface area contributed by atoms with Gasteiger partial charge in [0.25, 0.3) is 0 Å². The van der Waals surface area contributed by atoms with Crippen LogP contribution in [-0.4, -0.2) is 30.9 Å². The predicted octanol–water partition coefficient (Wildman–Crippen LogP) is 3.40. The van der Waals surface area contributed by atoms with Gasteiger partial charge in [0.05, 0.1) is 19.3 Å². The Morgan fingerprint density at radius 1 is 1.15 bits per heavy atom. The Morgan fingerprint density at radius 2 is 1.88 bits per heavy atom. The maximum Gasteiger partial charge on any atom is 0.441 e. The second-order valence-electron chi connectivity index (χ2n) is 7.66. The summed E-state index contributed by atoms with van der Waals surface area (Å²) >= 11 is 1.38. The fourth-order valence-corrected chi connectivity index (χ4v) is 5.24. The minimum absolute atomic E-state index is 0.232. The van der Waals surface area contributed by atoms with E-state index in [0.717, 1.165) is 49.0 Å². The first-order valence-corrected chi connectivity index (χ1v) is 11.8. The van der Waals surface area contributed by atoms with Gasteiger partial charge in [0.15, 0.2) is 0 Å². The number of nitrogens with zero attached hydrogens (tertiary/aromatic N) is 1. The van der Waals surface area contributed by atoms with E-state index < -0.39 is 17.5 Å². The van der Waals surface area contributed by atoms with Crippen LogP contribution in [0.1, 0.15) is 63.9 Å². The summed E-state index contributed by atoms with van der Waals surface area (Å²) in [6.45, 7) is 1.98. The number of H-pyrrole nitrogens is 1. The van der Waals surface area contributed by atoms with E-state index in [1.807, 2.05) is 0 Å². The summed E-state index contributed by atoms with van der Waals surface area (Å²) in [5, 5.41) is 5.63. The molecule has 2 N–H and O–H groups in total. The van der Waals surface area contributed by atoms with Gasteiger partial charge in [0, 0.05) is 17.0 Å². The van der Waals surface area contributed by atoms with Crippen LogP contribution >= 0.6 is 11.3 Å². The van der Waals surface area contributed by atoms with Gasteiger partial charge >= 0.3 is 23.2 Å². The molecule has 10 heteroatoms. The molecule has 0 aliphatic heterocycles. The number of carbonyl (C=O) groups is 2. The summed E-state index contributed by atoms with van der Waals surface area (Å²) in [6.07, 6.45) is 5.85. The van der Waals surface area contributed by atoms with Crippen molar-refractivity contribution < 1.29 is 28.3 Å². The monoisotopic (exact) mass is 472 g/mol. The van der Waals surface area contributed by atoms with Crippen molar-refractivity contribution >= 4 is 28.2 Å². The van der Waals surface area contributed by atoms with Gasteiger partial charge in [-0.1, -0.05) is 12.8 Å². The lowest BCUT2D eigenvalue weighted by molar-refractivity contribution is -0.672. The van der Waals surface area contributed by atoms with E-state index >= 15 is 0 Å². The quantitative estimate of drug-likeness (QED) is 0.420. The standard InChI is InChI=1S/C23H25N3O6S/c1-3-31-22(28)18-16-8-6-4-5-7-9-17(16)33-21(18)24-20(27)19-23(29)32-25-26(19)14-10-12-15(30-2)13-11-14/h10-13H,3-9H2,1-2H3,(H-,24,25,27,28,29)/p+1. The van der Waals surface area contributed by atoms with Crippen molar-refractivity contribution in [3.63, 3.8) is 0 Å². The van der Waals surface area contributed by atoms with E-state index in [4.69, 9.17) is 14.0 Å². The molecular weight excluding hydrogens is 446 g/mol. The number of fused-ring (bicyclic) bond motifs is 1. The number of methoxy groups -OCH3 is 1. The number of esters is 1. The fraction of sp³-hybridized carbons (Fsp3) is 0.391. The number of aromatic amines is 1. The highest BCUT2D eigenvalue weighted by Crippen LogP contribution is 2.37. The molecule has 0 fully saturated rings. The number of aromatic nitrogens is 2. The number of benzene rings is 1. The molecule has 0 saturated carbocycles. The van der Waals surface area contributed by atoms with Crippen LogP contribution in [0.2, 0.25) is 0 Å². The van der Waals surface area contributed by atoms with Crippen LogP contribution in [0.4, 0.5) is 5.00 Å². The lowest BCUT2D eigenvalue weighted by atomic mass is 9.96. The van der Waals surface area contributed by atoms with Gasteiger partial charge < -0.3 is 14.8 Å². The van der Waals surface area contributed by atoms with Crippen LogP contribution in [0.25, 0.3) is 5.69 Å². The van der Waals surface area contributed by atoms with E-state index in [1.54, 1.807) is 38.3 Å². The van der Waals surface area contributed by atoms with Crippen molar-refractivity contribution in [1.82, 2.24) is 5.27 Å². The molecular formula is C23H26N3O6S+. The number of carbonyl (C=O) groups excluding carboxylic acids is 2. The molecule has 1 aromatic carbocycles. The van der Waals surface area contributed by atoms with Gasteiger partial charge in [0.2, 0.25) is 5.69 Å². The number of aryl methyl sites for hydroxylation is 1. The molecule has 0 bridgehead atoms. The summed E-state index contributed by atoms with van der Waals surface area (Å²) in [6, 6.07) is 6.77. The third-order valence-corrected chi connectivity index (χ3v) is 6.78. The Morgan fingerprint density at radius 3 is 2.58 bits per heavy atom. The van der Waals surface area contributed by atoms with Crippen molar-refractivity contribution in [3.8, 4) is 11.4 Å². The lowest BCUT2D eigenvalue weighted by Crippen LogP contribution is -2.42. The molecule has 0 radical (unpaired) electrons. The van der Waals surface area contributed by atoms with Crippen molar-refractivity contribution in [3.05, 3.63) is 56.4 Å². The van der Waals surface area contributed by atoms with E-state index in [1.165, 1.54) is 16.0 Å². The molecule has 1 aliphatic rings. The number of amides is 1. The van der Waals surface area contributed by atoms with Crippen LogP contribution in [0, 0.1) is 0 Å². The lowest BCUT2D eigenvalue weighted by Gasteiger charge is -2.11. The molecule has 0 atom stereocenters. The molecule has 4 rings (SSSR count). The third kappa shape index (κ3) is 4.70. The Balaban J connectivity index is 1.70. The fourth-order valence-electron chi connectivity index (χ4n) is 3.97. The second kappa shape index (κ2) is 10.0. The average Bonchev–Trinajstić information content (AvgIpc) is 3.34. The molecule has 0 unspecified atom stereocenters.